The third kappa shape index (κ3) is 5.74. The lowest BCUT2D eigenvalue weighted by molar-refractivity contribution is -0.156. The Labute approximate surface area is 171 Å². The predicted molar refractivity (Wildman–Crippen MR) is 109 cm³/mol. The number of benzene rings is 2. The van der Waals surface area contributed by atoms with Gasteiger partial charge in [0.15, 0.2) is 17.6 Å². The van der Waals surface area contributed by atoms with Crippen molar-refractivity contribution in [1.29, 1.82) is 0 Å². The molecule has 0 amide bonds. The van der Waals surface area contributed by atoms with Gasteiger partial charge in [-0.25, -0.2) is 4.79 Å². The van der Waals surface area contributed by atoms with E-state index in [-0.39, 0.29) is 12.8 Å². The second-order valence-corrected chi connectivity index (χ2v) is 6.34. The van der Waals surface area contributed by atoms with Crippen LogP contribution in [0.3, 0.4) is 0 Å². The van der Waals surface area contributed by atoms with E-state index in [1.165, 1.54) is 0 Å². The number of hydrogen-bond acceptors (Lipinski definition) is 6. The van der Waals surface area contributed by atoms with Crippen LogP contribution >= 0.6 is 0 Å². The quantitative estimate of drug-likeness (QED) is 0.564. The van der Waals surface area contributed by atoms with Crippen LogP contribution in [-0.4, -0.2) is 38.7 Å². The SMILES string of the molecule is CCOC(=O)[C@H](Cc1ccc(OCC=Cc2cccc3c2OCO3)cc1)OCC. The van der Waals surface area contributed by atoms with Crippen molar-refractivity contribution in [2.75, 3.05) is 26.6 Å². The minimum atomic E-state index is -0.589. The van der Waals surface area contributed by atoms with Gasteiger partial charge >= 0.3 is 5.97 Å². The van der Waals surface area contributed by atoms with Gasteiger partial charge in [0.2, 0.25) is 6.79 Å². The first-order valence-electron chi connectivity index (χ1n) is 9.76. The largest absolute Gasteiger partial charge is 0.490 e. The fraction of sp³-hybridized carbons (Fsp3) is 0.348. The van der Waals surface area contributed by atoms with Crippen molar-refractivity contribution in [3.63, 3.8) is 0 Å². The van der Waals surface area contributed by atoms with Crippen LogP contribution in [-0.2, 0) is 20.7 Å². The lowest BCUT2D eigenvalue weighted by atomic mass is 10.1. The first kappa shape index (κ1) is 20.7. The first-order chi connectivity index (χ1) is 14.2. The second-order valence-electron chi connectivity index (χ2n) is 6.34. The molecule has 0 saturated heterocycles. The fourth-order valence-electron chi connectivity index (χ4n) is 2.99. The monoisotopic (exact) mass is 398 g/mol. The minimum absolute atomic E-state index is 0.253. The van der Waals surface area contributed by atoms with Crippen LogP contribution in [0.2, 0.25) is 0 Å². The van der Waals surface area contributed by atoms with Gasteiger partial charge in [-0.15, -0.1) is 0 Å². The Morgan fingerprint density at radius 1 is 1.10 bits per heavy atom. The van der Waals surface area contributed by atoms with E-state index in [2.05, 4.69) is 0 Å². The topological polar surface area (TPSA) is 63.2 Å². The van der Waals surface area contributed by atoms with E-state index < -0.39 is 6.10 Å². The summed E-state index contributed by atoms with van der Waals surface area (Å²) < 4.78 is 27.2. The number of rotatable bonds is 10. The van der Waals surface area contributed by atoms with Crippen molar-refractivity contribution in [3.05, 3.63) is 59.7 Å². The van der Waals surface area contributed by atoms with Crippen LogP contribution in [0.25, 0.3) is 6.08 Å². The van der Waals surface area contributed by atoms with Gasteiger partial charge in [0, 0.05) is 18.6 Å². The van der Waals surface area contributed by atoms with Crippen LogP contribution in [0.15, 0.2) is 48.5 Å². The number of esters is 1. The van der Waals surface area contributed by atoms with Crippen LogP contribution in [0.4, 0.5) is 0 Å². The molecule has 6 heteroatoms. The molecule has 0 N–H and O–H groups in total. The van der Waals surface area contributed by atoms with Gasteiger partial charge in [-0.2, -0.15) is 0 Å². The Morgan fingerprint density at radius 2 is 1.93 bits per heavy atom. The summed E-state index contributed by atoms with van der Waals surface area (Å²) in [5.74, 6) is 1.94. The Morgan fingerprint density at radius 3 is 2.69 bits per heavy atom. The standard InChI is InChI=1S/C23H26O6/c1-3-25-21(23(24)26-4-2)15-17-10-12-19(13-11-17)27-14-6-8-18-7-5-9-20-22(18)29-16-28-20/h5-13,21H,3-4,14-16H2,1-2H3/t21-/m0/s1. The van der Waals surface area contributed by atoms with E-state index in [0.29, 0.717) is 26.2 Å². The van der Waals surface area contributed by atoms with Gasteiger partial charge in [0.1, 0.15) is 12.4 Å². The molecule has 2 aromatic carbocycles. The highest BCUT2D eigenvalue weighted by atomic mass is 16.7. The molecule has 0 unspecified atom stereocenters. The van der Waals surface area contributed by atoms with E-state index in [0.717, 1.165) is 28.4 Å². The summed E-state index contributed by atoms with van der Waals surface area (Å²) in [5.41, 5.74) is 1.94. The summed E-state index contributed by atoms with van der Waals surface area (Å²) in [7, 11) is 0. The number of carbonyl (C=O) groups excluding carboxylic acids is 1. The summed E-state index contributed by atoms with van der Waals surface area (Å²) in [6.45, 7) is 5.12. The number of carbonyl (C=O) groups is 1. The lowest BCUT2D eigenvalue weighted by Crippen LogP contribution is -2.28. The highest BCUT2D eigenvalue weighted by Crippen LogP contribution is 2.35. The lowest BCUT2D eigenvalue weighted by Gasteiger charge is -2.15. The van der Waals surface area contributed by atoms with Crippen LogP contribution in [0.1, 0.15) is 25.0 Å². The summed E-state index contributed by atoms with van der Waals surface area (Å²) >= 11 is 0. The van der Waals surface area contributed by atoms with Crippen LogP contribution in [0.5, 0.6) is 17.2 Å². The molecule has 1 aliphatic heterocycles. The molecular weight excluding hydrogens is 372 g/mol. The molecule has 0 saturated carbocycles. The number of fused-ring (bicyclic) bond motifs is 1. The Balaban J connectivity index is 1.51. The smallest absolute Gasteiger partial charge is 0.335 e. The normalized spacial score (nSPS) is 13.4. The van der Waals surface area contributed by atoms with Crippen molar-refractivity contribution in [2.45, 2.75) is 26.4 Å². The van der Waals surface area contributed by atoms with Gasteiger partial charge in [-0.3, -0.25) is 0 Å². The molecular formula is C23H26O6. The van der Waals surface area contributed by atoms with E-state index in [1.807, 2.05) is 61.5 Å². The van der Waals surface area contributed by atoms with Gasteiger partial charge in [-0.05, 0) is 43.7 Å². The Bertz CT molecular complexity index is 828. The molecule has 2 aromatic rings. The zero-order chi connectivity index (χ0) is 20.5. The first-order valence-corrected chi connectivity index (χ1v) is 9.76. The maximum absolute atomic E-state index is 12.0. The highest BCUT2D eigenvalue weighted by Gasteiger charge is 2.20. The summed E-state index contributed by atoms with van der Waals surface area (Å²) in [4.78, 5) is 12.0. The zero-order valence-electron chi connectivity index (χ0n) is 16.8. The van der Waals surface area contributed by atoms with Crippen molar-refractivity contribution in [1.82, 2.24) is 0 Å². The molecule has 0 spiro atoms. The molecule has 0 aromatic heterocycles. The summed E-state index contributed by atoms with van der Waals surface area (Å²) in [5, 5.41) is 0. The third-order valence-electron chi connectivity index (χ3n) is 4.33. The highest BCUT2D eigenvalue weighted by molar-refractivity contribution is 5.75. The molecule has 3 rings (SSSR count). The minimum Gasteiger partial charge on any atom is -0.490 e. The van der Waals surface area contributed by atoms with Crippen LogP contribution in [0, 0.1) is 0 Å². The van der Waals surface area contributed by atoms with Gasteiger partial charge in [-0.1, -0.05) is 30.3 Å². The maximum atomic E-state index is 12.0. The molecule has 0 bridgehead atoms. The summed E-state index contributed by atoms with van der Waals surface area (Å²) in [6.07, 6.45) is 3.76. The molecule has 1 atom stereocenters. The number of ether oxygens (including phenoxy) is 5. The number of hydrogen-bond donors (Lipinski definition) is 0. The zero-order valence-corrected chi connectivity index (χ0v) is 16.8. The molecule has 0 radical (unpaired) electrons. The molecule has 6 nitrogen and oxygen atoms in total. The van der Waals surface area contributed by atoms with Crippen LogP contribution < -0.4 is 14.2 Å². The van der Waals surface area contributed by atoms with E-state index in [1.54, 1.807) is 6.92 Å². The average molecular weight is 398 g/mol. The summed E-state index contributed by atoms with van der Waals surface area (Å²) in [6, 6.07) is 13.4. The fourth-order valence-corrected chi connectivity index (χ4v) is 2.99. The van der Waals surface area contributed by atoms with Gasteiger partial charge < -0.3 is 23.7 Å². The average Bonchev–Trinajstić information content (AvgIpc) is 3.22. The molecule has 0 aliphatic carbocycles. The Hall–Kier alpha value is -2.99. The number of para-hydroxylation sites is 1. The molecule has 29 heavy (non-hydrogen) atoms. The predicted octanol–water partition coefficient (Wildman–Crippen LogP) is 4.02. The Kier molecular flexibility index (Phi) is 7.53. The second kappa shape index (κ2) is 10.5. The molecule has 1 aliphatic rings. The molecule has 154 valence electrons. The van der Waals surface area contributed by atoms with Crippen molar-refractivity contribution in [2.24, 2.45) is 0 Å². The van der Waals surface area contributed by atoms with Crippen molar-refractivity contribution >= 4 is 12.0 Å². The van der Waals surface area contributed by atoms with E-state index in [9.17, 15) is 4.79 Å². The maximum Gasteiger partial charge on any atom is 0.335 e. The van der Waals surface area contributed by atoms with Crippen molar-refractivity contribution in [3.8, 4) is 17.2 Å². The van der Waals surface area contributed by atoms with Crippen molar-refractivity contribution < 1.29 is 28.5 Å². The van der Waals surface area contributed by atoms with Gasteiger partial charge in [0.25, 0.3) is 0 Å². The molecule has 1 heterocycles. The van der Waals surface area contributed by atoms with Gasteiger partial charge in [0.05, 0.1) is 6.61 Å². The van der Waals surface area contributed by atoms with E-state index >= 15 is 0 Å². The third-order valence-corrected chi connectivity index (χ3v) is 4.33. The molecule has 0 fully saturated rings. The van der Waals surface area contributed by atoms with E-state index in [4.69, 9.17) is 23.7 Å².